The van der Waals surface area contributed by atoms with Crippen molar-refractivity contribution >= 4 is 40.8 Å². The number of allylic oxidation sites excluding steroid dienone is 2. The van der Waals surface area contributed by atoms with E-state index >= 15 is 0 Å². The number of hydrogen-bond donors (Lipinski definition) is 0. The zero-order valence-electron chi connectivity index (χ0n) is 18.6. The van der Waals surface area contributed by atoms with Gasteiger partial charge in [0.05, 0.1) is 0 Å². The molecule has 0 aliphatic carbocycles. The molecule has 0 aliphatic rings. The summed E-state index contributed by atoms with van der Waals surface area (Å²) in [6, 6.07) is 17.9. The third-order valence-corrected chi connectivity index (χ3v) is 6.92. The summed E-state index contributed by atoms with van der Waals surface area (Å²) in [7, 11) is 0. The van der Waals surface area contributed by atoms with Crippen LogP contribution in [0.15, 0.2) is 60.7 Å². The van der Waals surface area contributed by atoms with Crippen LogP contribution in [-0.4, -0.2) is 0 Å². The fraction of sp³-hybridized carbons (Fsp3) is 0.429. The van der Waals surface area contributed by atoms with E-state index < -0.39 is 0 Å². The van der Waals surface area contributed by atoms with Crippen molar-refractivity contribution in [2.45, 2.75) is 78.1 Å². The molecule has 30 heavy (non-hydrogen) atoms. The highest BCUT2D eigenvalue weighted by Gasteiger charge is 2.01. The minimum Gasteiger partial charge on any atom is -0.0654 e. The Morgan fingerprint density at radius 3 is 1.27 bits per heavy atom. The molecule has 0 spiro atoms. The van der Waals surface area contributed by atoms with E-state index in [0.717, 1.165) is 8.96 Å². The van der Waals surface area contributed by atoms with Gasteiger partial charge in [-0.05, 0) is 60.1 Å². The molecule has 0 aromatic heterocycles. The molecular formula is C28H36Br2. The molecule has 0 saturated carbocycles. The zero-order valence-corrected chi connectivity index (χ0v) is 21.8. The van der Waals surface area contributed by atoms with Gasteiger partial charge in [0.2, 0.25) is 0 Å². The van der Waals surface area contributed by atoms with Crippen LogP contribution in [0.25, 0.3) is 8.96 Å². The first-order valence-electron chi connectivity index (χ1n) is 11.6. The summed E-state index contributed by atoms with van der Waals surface area (Å²) in [5.74, 6) is 0. The molecule has 0 bridgehead atoms. The highest BCUT2D eigenvalue weighted by Crippen LogP contribution is 2.26. The van der Waals surface area contributed by atoms with Crippen molar-refractivity contribution in [2.24, 2.45) is 0 Å². The quantitative estimate of drug-likeness (QED) is 0.178. The van der Waals surface area contributed by atoms with E-state index in [1.165, 1.54) is 86.5 Å². The van der Waals surface area contributed by atoms with Crippen LogP contribution in [0.1, 0.15) is 87.5 Å². The summed E-state index contributed by atoms with van der Waals surface area (Å²) in [6.07, 6.45) is 17.1. The first kappa shape index (κ1) is 25.1. The summed E-state index contributed by atoms with van der Waals surface area (Å²) in [4.78, 5) is 0. The minimum atomic E-state index is 1.10. The first-order chi connectivity index (χ1) is 14.6. The van der Waals surface area contributed by atoms with Crippen molar-refractivity contribution in [3.8, 4) is 0 Å². The normalized spacial score (nSPS) is 12.4. The fourth-order valence-corrected chi connectivity index (χ4v) is 4.30. The van der Waals surface area contributed by atoms with E-state index in [9.17, 15) is 0 Å². The van der Waals surface area contributed by atoms with Crippen LogP contribution in [0, 0.1) is 0 Å². The van der Waals surface area contributed by atoms with Crippen molar-refractivity contribution < 1.29 is 0 Å². The lowest BCUT2D eigenvalue weighted by Gasteiger charge is -2.05. The molecule has 162 valence electrons. The molecule has 0 saturated heterocycles. The van der Waals surface area contributed by atoms with Crippen molar-refractivity contribution in [3.63, 3.8) is 0 Å². The highest BCUT2D eigenvalue weighted by atomic mass is 79.9. The van der Waals surface area contributed by atoms with Crippen LogP contribution in [0.3, 0.4) is 0 Å². The van der Waals surface area contributed by atoms with E-state index in [4.69, 9.17) is 0 Å². The molecule has 0 heterocycles. The monoisotopic (exact) mass is 530 g/mol. The standard InChI is InChI=1S/C28H36Br2/c1-3-5-7-9-11-23-13-17-25(18-14-23)27(29)21-22-28(30)26-19-15-24(16-20-26)12-10-8-6-4-2/h13-22H,3-12H2,1-2H3/b27-21+,28-22+. The highest BCUT2D eigenvalue weighted by molar-refractivity contribution is 9.15. The zero-order chi connectivity index (χ0) is 21.6. The van der Waals surface area contributed by atoms with Gasteiger partial charge in [-0.3, -0.25) is 0 Å². The summed E-state index contributed by atoms with van der Waals surface area (Å²) in [6.45, 7) is 4.52. The van der Waals surface area contributed by atoms with Crippen LogP contribution in [-0.2, 0) is 12.8 Å². The van der Waals surface area contributed by atoms with Gasteiger partial charge in [-0.2, -0.15) is 0 Å². The number of unbranched alkanes of at least 4 members (excludes halogenated alkanes) is 6. The van der Waals surface area contributed by atoms with E-state index in [-0.39, 0.29) is 0 Å². The lowest BCUT2D eigenvalue weighted by Crippen LogP contribution is -1.87. The Balaban J connectivity index is 1.90. The van der Waals surface area contributed by atoms with Gasteiger partial charge in [0, 0.05) is 8.96 Å². The van der Waals surface area contributed by atoms with Crippen LogP contribution in [0.5, 0.6) is 0 Å². The maximum Gasteiger partial charge on any atom is 0.0248 e. The fourth-order valence-electron chi connectivity index (χ4n) is 3.51. The Hall–Kier alpha value is -1.12. The summed E-state index contributed by atoms with van der Waals surface area (Å²) in [5, 5.41) is 0. The second-order valence-corrected chi connectivity index (χ2v) is 9.75. The molecule has 2 heteroatoms. The van der Waals surface area contributed by atoms with Crippen molar-refractivity contribution in [1.82, 2.24) is 0 Å². The maximum absolute atomic E-state index is 3.73. The molecule has 2 aromatic carbocycles. The third kappa shape index (κ3) is 9.35. The number of rotatable bonds is 13. The Morgan fingerprint density at radius 1 is 0.567 bits per heavy atom. The van der Waals surface area contributed by atoms with Gasteiger partial charge in [0.15, 0.2) is 0 Å². The molecule has 0 unspecified atom stereocenters. The molecule has 0 fully saturated rings. The first-order valence-corrected chi connectivity index (χ1v) is 13.1. The minimum absolute atomic E-state index is 1.10. The Morgan fingerprint density at radius 2 is 0.933 bits per heavy atom. The second-order valence-electron chi connectivity index (χ2n) is 8.04. The van der Waals surface area contributed by atoms with E-state index in [1.54, 1.807) is 0 Å². The molecule has 2 rings (SSSR count). The summed E-state index contributed by atoms with van der Waals surface area (Å²) >= 11 is 7.47. The van der Waals surface area contributed by atoms with Crippen LogP contribution in [0.2, 0.25) is 0 Å². The lowest BCUT2D eigenvalue weighted by atomic mass is 10.0. The molecule has 0 aliphatic heterocycles. The molecule has 0 nitrogen and oxygen atoms in total. The number of halogens is 2. The van der Waals surface area contributed by atoms with Crippen LogP contribution in [0.4, 0.5) is 0 Å². The topological polar surface area (TPSA) is 0 Å². The predicted octanol–water partition coefficient (Wildman–Crippen LogP) is 10.1. The Labute approximate surface area is 201 Å². The smallest absolute Gasteiger partial charge is 0.0248 e. The summed E-state index contributed by atoms with van der Waals surface area (Å²) < 4.78 is 2.20. The number of aryl methyl sites for hydroxylation is 2. The molecule has 0 atom stereocenters. The molecule has 2 aromatic rings. The van der Waals surface area contributed by atoms with Crippen LogP contribution < -0.4 is 0 Å². The number of hydrogen-bond acceptors (Lipinski definition) is 0. The average Bonchev–Trinajstić information content (AvgIpc) is 2.78. The van der Waals surface area contributed by atoms with E-state index in [1.807, 2.05) is 0 Å². The van der Waals surface area contributed by atoms with Gasteiger partial charge in [-0.25, -0.2) is 0 Å². The van der Waals surface area contributed by atoms with Gasteiger partial charge >= 0.3 is 0 Å². The van der Waals surface area contributed by atoms with Gasteiger partial charge in [-0.15, -0.1) is 0 Å². The second kappa shape index (κ2) is 14.8. The van der Waals surface area contributed by atoms with Crippen molar-refractivity contribution in [1.29, 1.82) is 0 Å². The van der Waals surface area contributed by atoms with E-state index in [2.05, 4.69) is 106 Å². The predicted molar refractivity (Wildman–Crippen MR) is 142 cm³/mol. The van der Waals surface area contributed by atoms with E-state index in [0.29, 0.717) is 0 Å². The molecule has 0 amide bonds. The van der Waals surface area contributed by atoms with Crippen molar-refractivity contribution in [2.75, 3.05) is 0 Å². The van der Waals surface area contributed by atoms with Gasteiger partial charge < -0.3 is 0 Å². The largest absolute Gasteiger partial charge is 0.0654 e. The molecule has 0 N–H and O–H groups in total. The maximum atomic E-state index is 3.73. The molecule has 0 radical (unpaired) electrons. The molecular weight excluding hydrogens is 496 g/mol. The Bertz CT molecular complexity index is 713. The van der Waals surface area contributed by atoms with Gasteiger partial charge in [-0.1, -0.05) is 133 Å². The van der Waals surface area contributed by atoms with Crippen LogP contribution >= 0.6 is 31.9 Å². The van der Waals surface area contributed by atoms with Gasteiger partial charge in [0.1, 0.15) is 0 Å². The number of benzene rings is 2. The Kier molecular flexibility index (Phi) is 12.4. The van der Waals surface area contributed by atoms with Crippen molar-refractivity contribution in [3.05, 3.63) is 82.9 Å². The SMILES string of the molecule is CCCCCCc1ccc(/C(Br)=C\C=C(\Br)c2ccc(CCCCCC)cc2)cc1. The lowest BCUT2D eigenvalue weighted by molar-refractivity contribution is 0.667. The average molecular weight is 532 g/mol. The van der Waals surface area contributed by atoms with Gasteiger partial charge in [0.25, 0.3) is 0 Å². The third-order valence-electron chi connectivity index (χ3n) is 5.47. The summed E-state index contributed by atoms with van der Waals surface area (Å²) in [5.41, 5.74) is 5.29.